The molecule has 2 saturated heterocycles. The standard InChI is InChI=1S/C40H29Cl2F3N4O9/c1-58-29-4-2-3-24(32(29)51)31-21-11-12-23-30(36(54)48(34(23)52)20-9-10-22(37(55)56)28(50)14-20)25(21)15-26-35(53)49(38(57)39(26,31)17-5-7-19(41)8-6-17)47-33-27(42)13-18(16-46-33)40(43,44)45/h2-11,13-14,16,23,25-26,30-31,50-51H,12,15H2,1H3,(H,46,47)(H,55,56). The minimum Gasteiger partial charge on any atom is -0.507 e. The molecule has 3 heterocycles. The normalized spacial score (nSPS) is 25.3. The summed E-state index contributed by atoms with van der Waals surface area (Å²) in [5.41, 5.74) is -0.239. The number of ether oxygens (including phenoxy) is 1. The van der Waals surface area contributed by atoms with Crippen LogP contribution in [0.4, 0.5) is 24.7 Å². The molecule has 2 aliphatic carbocycles. The maximum atomic E-state index is 15.3. The quantitative estimate of drug-likeness (QED) is 0.114. The summed E-state index contributed by atoms with van der Waals surface area (Å²) in [6, 6.07) is 14.5. The van der Waals surface area contributed by atoms with E-state index in [1.807, 2.05) is 0 Å². The van der Waals surface area contributed by atoms with E-state index in [2.05, 4.69) is 10.4 Å². The van der Waals surface area contributed by atoms with Crippen molar-refractivity contribution in [2.45, 2.75) is 30.4 Å². The van der Waals surface area contributed by atoms with E-state index in [1.54, 1.807) is 24.3 Å². The monoisotopic (exact) mass is 836 g/mol. The summed E-state index contributed by atoms with van der Waals surface area (Å²) >= 11 is 12.5. The van der Waals surface area contributed by atoms with Crippen LogP contribution in [0.25, 0.3) is 0 Å². The van der Waals surface area contributed by atoms with Crippen LogP contribution in [-0.4, -0.2) is 62.0 Å². The number of benzene rings is 3. The molecule has 13 nitrogen and oxygen atoms in total. The van der Waals surface area contributed by atoms with Crippen LogP contribution in [0.2, 0.25) is 10.0 Å². The maximum Gasteiger partial charge on any atom is 0.417 e. The van der Waals surface area contributed by atoms with E-state index in [1.165, 1.54) is 37.4 Å². The molecular weight excluding hydrogens is 808 g/mol. The van der Waals surface area contributed by atoms with Gasteiger partial charge in [-0.05, 0) is 60.7 Å². The van der Waals surface area contributed by atoms with Gasteiger partial charge in [-0.1, -0.05) is 59.1 Å². The molecule has 4 N–H and O–H groups in total. The molecule has 6 unspecified atom stereocenters. The lowest BCUT2D eigenvalue weighted by molar-refractivity contribution is -0.139. The molecule has 0 spiro atoms. The highest BCUT2D eigenvalue weighted by atomic mass is 35.5. The number of halogens is 5. The SMILES string of the molecule is COc1cccc(C2C3=CCC4C(=O)N(c5ccc(C(=O)O)c(O)c5)C(=O)C4C3CC3C(=O)N(Nc4ncc(C(F)(F)F)cc4Cl)C(=O)C32c2ccc(Cl)cc2)c1O. The van der Waals surface area contributed by atoms with Crippen LogP contribution in [0.3, 0.4) is 0 Å². The molecule has 1 aromatic heterocycles. The fourth-order valence-corrected chi connectivity index (χ4v) is 9.49. The van der Waals surface area contributed by atoms with Crippen LogP contribution >= 0.6 is 23.2 Å². The average molecular weight is 838 g/mol. The number of hydrazine groups is 1. The molecule has 3 fully saturated rings. The van der Waals surface area contributed by atoms with E-state index in [9.17, 15) is 47.7 Å². The van der Waals surface area contributed by atoms with Gasteiger partial charge >= 0.3 is 12.1 Å². The summed E-state index contributed by atoms with van der Waals surface area (Å²) in [5, 5.41) is 32.0. The third-order valence-corrected chi connectivity index (χ3v) is 12.1. The van der Waals surface area contributed by atoms with Crippen molar-refractivity contribution in [2.75, 3.05) is 17.4 Å². The number of carboxylic acid groups (broad SMARTS) is 1. The number of alkyl halides is 3. The highest BCUT2D eigenvalue weighted by Gasteiger charge is 2.71. The number of carboxylic acids is 1. The lowest BCUT2D eigenvalue weighted by Crippen LogP contribution is -2.53. The highest BCUT2D eigenvalue weighted by molar-refractivity contribution is 6.33. The van der Waals surface area contributed by atoms with Gasteiger partial charge in [-0.2, -0.15) is 18.2 Å². The van der Waals surface area contributed by atoms with Gasteiger partial charge in [-0.25, -0.2) is 14.7 Å². The van der Waals surface area contributed by atoms with Gasteiger partial charge in [0.05, 0.1) is 46.6 Å². The van der Waals surface area contributed by atoms with Crippen molar-refractivity contribution in [1.29, 1.82) is 0 Å². The number of rotatable bonds is 7. The van der Waals surface area contributed by atoms with Gasteiger partial charge in [-0.15, -0.1) is 0 Å². The van der Waals surface area contributed by atoms with E-state index in [0.717, 1.165) is 17.0 Å². The number of phenolic OH excluding ortho intramolecular Hbond substituents is 1. The van der Waals surface area contributed by atoms with E-state index in [0.29, 0.717) is 22.8 Å². The zero-order chi connectivity index (χ0) is 41.6. The number of anilines is 2. The van der Waals surface area contributed by atoms with E-state index in [4.69, 9.17) is 27.9 Å². The second-order valence-corrected chi connectivity index (χ2v) is 15.2. The third kappa shape index (κ3) is 5.68. The molecule has 4 aromatic rings. The average Bonchev–Trinajstić information content (AvgIpc) is 3.56. The zero-order valence-corrected chi connectivity index (χ0v) is 31.3. The molecule has 0 bridgehead atoms. The summed E-state index contributed by atoms with van der Waals surface area (Å²) in [6.45, 7) is 0. The lowest BCUT2D eigenvalue weighted by Gasteiger charge is -2.50. The number of aromatic carboxylic acids is 1. The Morgan fingerprint density at radius 2 is 1.69 bits per heavy atom. The Labute approximate surface area is 336 Å². The number of nitrogens with one attached hydrogen (secondary N) is 1. The molecule has 0 radical (unpaired) electrons. The molecule has 1 saturated carbocycles. The van der Waals surface area contributed by atoms with Gasteiger partial charge in [0.1, 0.15) is 11.3 Å². The third-order valence-electron chi connectivity index (χ3n) is 11.6. The number of hydrogen-bond acceptors (Lipinski definition) is 10. The summed E-state index contributed by atoms with van der Waals surface area (Å²) in [5.74, 6) is -11.6. The number of methoxy groups -OCH3 is 1. The van der Waals surface area contributed by atoms with Crippen molar-refractivity contribution in [2.24, 2.45) is 23.7 Å². The number of carbonyl (C=O) groups excluding carboxylic acids is 4. The largest absolute Gasteiger partial charge is 0.507 e. The van der Waals surface area contributed by atoms with Gasteiger partial charge in [0.25, 0.3) is 11.8 Å². The summed E-state index contributed by atoms with van der Waals surface area (Å²) in [7, 11) is 1.32. The highest BCUT2D eigenvalue weighted by Crippen LogP contribution is 2.65. The molecule has 4 aliphatic rings. The second kappa shape index (κ2) is 13.8. The first-order chi connectivity index (χ1) is 27.5. The predicted molar refractivity (Wildman–Crippen MR) is 199 cm³/mol. The molecular formula is C40H29Cl2F3N4O9. The second-order valence-electron chi connectivity index (χ2n) is 14.3. The Bertz CT molecular complexity index is 2500. The van der Waals surface area contributed by atoms with Gasteiger partial charge < -0.3 is 20.1 Å². The van der Waals surface area contributed by atoms with E-state index >= 15 is 4.79 Å². The van der Waals surface area contributed by atoms with Crippen molar-refractivity contribution in [3.8, 4) is 17.2 Å². The van der Waals surface area contributed by atoms with E-state index in [-0.39, 0.29) is 46.2 Å². The number of phenols is 2. The number of aromatic nitrogens is 1. The first-order valence-corrected chi connectivity index (χ1v) is 18.4. The first kappa shape index (κ1) is 38.7. The van der Waals surface area contributed by atoms with Crippen LogP contribution in [0, 0.1) is 23.7 Å². The molecule has 18 heteroatoms. The number of para-hydroxylation sites is 1. The number of carbonyl (C=O) groups is 5. The van der Waals surface area contributed by atoms with Crippen molar-refractivity contribution in [3.63, 3.8) is 0 Å². The van der Waals surface area contributed by atoms with Crippen molar-refractivity contribution < 1.29 is 57.2 Å². The predicted octanol–water partition coefficient (Wildman–Crippen LogP) is 6.71. The number of hydrogen-bond donors (Lipinski definition) is 4. The zero-order valence-electron chi connectivity index (χ0n) is 29.8. The van der Waals surface area contributed by atoms with Gasteiger partial charge in [-0.3, -0.25) is 24.6 Å². The number of allylic oxidation sites excluding steroid dienone is 2. The molecule has 4 amide bonds. The Morgan fingerprint density at radius 1 is 0.966 bits per heavy atom. The number of nitrogens with zero attached hydrogens (tertiary/aromatic N) is 3. The molecule has 2 aliphatic heterocycles. The molecule has 6 atom stereocenters. The number of aromatic hydroxyl groups is 2. The first-order valence-electron chi connectivity index (χ1n) is 17.6. The van der Waals surface area contributed by atoms with Gasteiger partial charge in [0.15, 0.2) is 17.3 Å². The Balaban J connectivity index is 1.31. The lowest BCUT2D eigenvalue weighted by atomic mass is 9.49. The summed E-state index contributed by atoms with van der Waals surface area (Å²) in [6.07, 6.45) is -2.82. The van der Waals surface area contributed by atoms with E-state index < -0.39 is 98.5 Å². The Hall–Kier alpha value is -6.13. The molecule has 8 rings (SSSR count). The Morgan fingerprint density at radius 3 is 2.33 bits per heavy atom. The van der Waals surface area contributed by atoms with Crippen LogP contribution in [-0.2, 0) is 30.8 Å². The topological polar surface area (TPSA) is 187 Å². The fraction of sp³-hybridized carbons (Fsp3) is 0.250. The molecule has 3 aromatic carbocycles. The van der Waals surface area contributed by atoms with Crippen LogP contribution in [0.5, 0.6) is 17.2 Å². The van der Waals surface area contributed by atoms with Crippen molar-refractivity contribution in [3.05, 3.63) is 117 Å². The smallest absolute Gasteiger partial charge is 0.417 e. The number of fused-ring (bicyclic) bond motifs is 4. The number of imide groups is 2. The van der Waals surface area contributed by atoms with Crippen LogP contribution < -0.4 is 15.1 Å². The van der Waals surface area contributed by atoms with Crippen LogP contribution in [0.1, 0.15) is 45.8 Å². The van der Waals surface area contributed by atoms with Gasteiger partial charge in [0, 0.05) is 28.8 Å². The minimum absolute atomic E-state index is 0.0193. The summed E-state index contributed by atoms with van der Waals surface area (Å²) in [4.78, 5) is 75.0. The van der Waals surface area contributed by atoms with Crippen LogP contribution in [0.15, 0.2) is 84.6 Å². The minimum atomic E-state index is -4.80. The molecule has 58 heavy (non-hydrogen) atoms. The number of pyridine rings is 1. The summed E-state index contributed by atoms with van der Waals surface area (Å²) < 4.78 is 45.9. The van der Waals surface area contributed by atoms with Crippen molar-refractivity contribution >= 4 is 64.3 Å². The molecule has 298 valence electrons. The fourth-order valence-electron chi connectivity index (χ4n) is 9.16. The van der Waals surface area contributed by atoms with Gasteiger partial charge in [0.2, 0.25) is 11.8 Å². The van der Waals surface area contributed by atoms with Crippen molar-refractivity contribution in [1.82, 2.24) is 9.99 Å². The number of amides is 4. The Kier molecular flexibility index (Phi) is 9.19. The maximum absolute atomic E-state index is 15.3.